The van der Waals surface area contributed by atoms with E-state index < -0.39 is 23.7 Å². The van der Waals surface area contributed by atoms with Crippen LogP contribution in [0.1, 0.15) is 74.9 Å². The fourth-order valence-electron chi connectivity index (χ4n) is 3.01. The highest BCUT2D eigenvalue weighted by atomic mass is 32.3. The van der Waals surface area contributed by atoms with Crippen molar-refractivity contribution in [3.05, 3.63) is 45.7 Å². The molecule has 0 aliphatic heterocycles. The molecule has 1 aromatic carbocycles. The van der Waals surface area contributed by atoms with Crippen molar-refractivity contribution in [1.29, 1.82) is 0 Å². The number of amides is 1. The van der Waals surface area contributed by atoms with E-state index in [1.807, 2.05) is 27.7 Å². The second-order valence-corrected chi connectivity index (χ2v) is 12.9. The van der Waals surface area contributed by atoms with Crippen molar-refractivity contribution in [1.82, 2.24) is 9.71 Å². The van der Waals surface area contributed by atoms with E-state index in [-0.39, 0.29) is 30.0 Å². The predicted molar refractivity (Wildman–Crippen MR) is 119 cm³/mol. The predicted octanol–water partition coefficient (Wildman–Crippen LogP) is 3.92. The molecule has 1 heterocycles. The van der Waals surface area contributed by atoms with Crippen molar-refractivity contribution < 1.29 is 19.1 Å². The van der Waals surface area contributed by atoms with E-state index in [4.69, 9.17) is 0 Å². The molecule has 2 aromatic rings. The van der Waals surface area contributed by atoms with E-state index in [9.17, 15) is 19.1 Å². The molecule has 29 heavy (non-hydrogen) atoms. The lowest BCUT2D eigenvalue weighted by Gasteiger charge is -2.20. The van der Waals surface area contributed by atoms with Crippen molar-refractivity contribution in [2.75, 3.05) is 0 Å². The van der Waals surface area contributed by atoms with E-state index in [1.54, 1.807) is 20.0 Å². The monoisotopic (exact) mass is 456 g/mol. The molecule has 0 fully saturated rings. The highest BCUT2D eigenvalue weighted by Crippen LogP contribution is 2.33. The van der Waals surface area contributed by atoms with Crippen molar-refractivity contribution in [2.45, 2.75) is 69.7 Å². The Morgan fingerprint density at radius 3 is 2.24 bits per heavy atom. The van der Waals surface area contributed by atoms with Gasteiger partial charge < -0.3 is 14.6 Å². The van der Waals surface area contributed by atoms with Crippen molar-refractivity contribution in [3.8, 4) is 0 Å². The summed E-state index contributed by atoms with van der Waals surface area (Å²) in [5, 5.41) is 10.1. The Balaban J connectivity index is 2.30. The molecule has 1 aromatic heterocycles. The van der Waals surface area contributed by atoms with Crippen LogP contribution in [0.2, 0.25) is 0 Å². The summed E-state index contributed by atoms with van der Waals surface area (Å²) in [6, 6.07) is 3.01. The highest BCUT2D eigenvalue weighted by Gasteiger charge is 2.21. The van der Waals surface area contributed by atoms with E-state index in [0.29, 0.717) is 9.22 Å². The zero-order valence-electron chi connectivity index (χ0n) is 17.6. The van der Waals surface area contributed by atoms with Gasteiger partial charge in [0.1, 0.15) is 5.82 Å². The van der Waals surface area contributed by atoms with E-state index >= 15 is 0 Å². The van der Waals surface area contributed by atoms with Gasteiger partial charge in [0.15, 0.2) is 12.6 Å². The Kier molecular flexibility index (Phi) is 8.03. The fourth-order valence-corrected chi connectivity index (χ4v) is 6.92. The van der Waals surface area contributed by atoms with Gasteiger partial charge in [-0.15, -0.1) is 11.3 Å². The molecule has 160 valence electrons. The Morgan fingerprint density at radius 2 is 1.83 bits per heavy atom. The third kappa shape index (κ3) is 6.11. The summed E-state index contributed by atoms with van der Waals surface area (Å²) in [4.78, 5) is 27.6. The third-order valence-corrected chi connectivity index (χ3v) is 9.65. The van der Waals surface area contributed by atoms with Crippen molar-refractivity contribution in [2.24, 2.45) is 0 Å². The largest absolute Gasteiger partial charge is 0.385 e. The summed E-state index contributed by atoms with van der Waals surface area (Å²) in [5.74, 6) is -0.350. The van der Waals surface area contributed by atoms with Gasteiger partial charge in [0.2, 0.25) is 5.91 Å². The standard InChI is InChI=1S/C20H29FN2O3S2Si/c1-11(2)14-7-13(21)8-15(12(3)4)16(14)9-18(24)23-28(29-26)19-22-10-17(27-19)20(5,6)25/h7-8,10-12,25-26,28H,9H2,1-6H3,(H,23,24). The summed E-state index contributed by atoms with van der Waals surface area (Å²) < 4.78 is 17.6. The van der Waals surface area contributed by atoms with Crippen molar-refractivity contribution in [3.63, 3.8) is 0 Å². The second-order valence-electron chi connectivity index (χ2n) is 8.09. The third-order valence-electron chi connectivity index (χ3n) is 4.49. The summed E-state index contributed by atoms with van der Waals surface area (Å²) >= 11 is 1.29. The van der Waals surface area contributed by atoms with Crippen LogP contribution in [0.25, 0.3) is 0 Å². The van der Waals surface area contributed by atoms with Crippen LogP contribution in [0.5, 0.6) is 0 Å². The van der Waals surface area contributed by atoms with Gasteiger partial charge in [0.25, 0.3) is 0 Å². The number of aliphatic hydroxyl groups is 1. The van der Waals surface area contributed by atoms with Gasteiger partial charge in [-0.05, 0) is 54.5 Å². The number of halogens is 1. The molecule has 0 aliphatic rings. The summed E-state index contributed by atoms with van der Waals surface area (Å²) in [7, 11) is -1.87. The molecule has 0 aliphatic carbocycles. The number of hydrogen-bond donors (Lipinski definition) is 4. The van der Waals surface area contributed by atoms with Gasteiger partial charge in [-0.25, -0.2) is 9.37 Å². The van der Waals surface area contributed by atoms with Crippen LogP contribution in [0.15, 0.2) is 22.7 Å². The Hall–Kier alpha value is -1.26. The lowest BCUT2D eigenvalue weighted by atomic mass is 9.87. The number of hydrogen-bond acceptors (Lipinski definition) is 5. The van der Waals surface area contributed by atoms with Crippen molar-refractivity contribution >= 4 is 35.4 Å². The zero-order chi connectivity index (χ0) is 21.9. The van der Waals surface area contributed by atoms with Crippen LogP contribution in [-0.4, -0.2) is 29.1 Å². The minimum absolute atomic E-state index is 0.0838. The van der Waals surface area contributed by atoms with Crippen LogP contribution < -0.4 is 4.72 Å². The first-order valence-electron chi connectivity index (χ1n) is 9.44. The topological polar surface area (TPSA) is 82.5 Å². The van der Waals surface area contributed by atoms with E-state index in [1.165, 1.54) is 23.5 Å². The van der Waals surface area contributed by atoms with Crippen LogP contribution in [0.3, 0.4) is 0 Å². The van der Waals surface area contributed by atoms with Crippen LogP contribution >= 0.6 is 21.2 Å². The lowest BCUT2D eigenvalue weighted by molar-refractivity contribution is -0.118. The highest BCUT2D eigenvalue weighted by molar-refractivity contribution is 8.13. The SMILES string of the molecule is CC(C)c1cc(F)cc(C(C)C)c1CC(=O)N[SH](#[Si]O)c1ncc(C(C)(C)O)s1. The van der Waals surface area contributed by atoms with E-state index in [0.717, 1.165) is 16.7 Å². The van der Waals surface area contributed by atoms with Crippen LogP contribution in [-0.2, 0) is 16.8 Å². The minimum Gasteiger partial charge on any atom is -0.385 e. The smallest absolute Gasteiger partial charge is 0.233 e. The molecule has 0 saturated carbocycles. The minimum atomic E-state index is -1.37. The van der Waals surface area contributed by atoms with Gasteiger partial charge in [-0.3, -0.25) is 4.79 Å². The number of carbonyl (C=O) groups excluding carboxylic acids is 1. The molecule has 1 atom stereocenters. The molecule has 3 N–H and O–H groups in total. The maximum absolute atomic E-state index is 14.1. The Morgan fingerprint density at radius 1 is 1.28 bits per heavy atom. The van der Waals surface area contributed by atoms with Gasteiger partial charge in [-0.2, -0.15) is 0 Å². The molecular weight excluding hydrogens is 427 g/mol. The second kappa shape index (κ2) is 9.70. The summed E-state index contributed by atoms with van der Waals surface area (Å²) in [6.45, 7) is 11.3. The van der Waals surface area contributed by atoms with Gasteiger partial charge in [-0.1, -0.05) is 37.6 Å². The molecule has 0 spiro atoms. The number of carbonyl (C=O) groups is 1. The number of nitrogens with zero attached hydrogens (tertiary/aromatic N) is 1. The maximum atomic E-state index is 14.1. The number of aromatic nitrogens is 1. The Bertz CT molecular complexity index is 956. The molecule has 1 amide bonds. The van der Waals surface area contributed by atoms with Crippen LogP contribution in [0, 0.1) is 5.82 Å². The maximum Gasteiger partial charge on any atom is 0.233 e. The number of rotatable bonds is 5. The molecule has 9 heteroatoms. The molecule has 0 saturated heterocycles. The molecule has 2 rings (SSSR count). The average Bonchev–Trinajstić information content (AvgIpc) is 3.10. The van der Waals surface area contributed by atoms with Gasteiger partial charge in [0, 0.05) is 6.20 Å². The molecule has 0 bridgehead atoms. The first-order chi connectivity index (χ1) is 13.4. The van der Waals surface area contributed by atoms with Gasteiger partial charge in [0.05, 0.1) is 16.9 Å². The van der Waals surface area contributed by atoms with Gasteiger partial charge >= 0.3 is 0 Å². The average molecular weight is 457 g/mol. The van der Waals surface area contributed by atoms with Crippen LogP contribution in [0.4, 0.5) is 4.39 Å². The zero-order valence-corrected chi connectivity index (χ0v) is 20.3. The Labute approximate surface area is 179 Å². The molecular formula is C20H29FN2O3S2Si. The normalized spacial score (nSPS) is 12.9. The molecule has 0 radical (unpaired) electrons. The molecule has 1 unspecified atom stereocenters. The lowest BCUT2D eigenvalue weighted by Crippen LogP contribution is -2.22. The first kappa shape index (κ1) is 24.0. The van der Waals surface area contributed by atoms with E-state index in [2.05, 4.69) is 9.71 Å². The fraction of sp³-hybridized carbons (Fsp3) is 0.500. The number of nitrogens with one attached hydrogen (secondary N) is 1. The quantitative estimate of drug-likeness (QED) is 0.406. The molecule has 5 nitrogen and oxygen atoms in total. The summed E-state index contributed by atoms with van der Waals surface area (Å²) in [5.41, 5.74) is 1.49. The summed E-state index contributed by atoms with van der Waals surface area (Å²) in [6.07, 6.45) is 1.70. The number of benzene rings is 1. The number of thiol groups is 1. The number of thiazole rings is 1. The first-order valence-corrected chi connectivity index (χ1v) is 13.4.